The van der Waals surface area contributed by atoms with Gasteiger partial charge in [0.05, 0.1) is 11.0 Å². The number of carbonyl (C=O) groups is 5. The average molecular weight is 729 g/mol. The molecule has 0 spiro atoms. The number of nitrogens with one attached hydrogen (secondary N) is 2. The Morgan fingerprint density at radius 1 is 1.12 bits per heavy atom. The molecule has 4 amide bonds. The molecule has 1 aliphatic rings. The SMILES string of the molecule is CCCC(=O)OCN(CCCc1nc(C(=O)N[C@@H](Cc2ccc(O)cc2)C[C@H](C)C(N)=O)cs1)C(=O)[C@@H](NC(=O)[C@H]1CCCCN1C)C(C)CC. The monoisotopic (exact) mass is 728 g/mol. The van der Waals surface area contributed by atoms with Gasteiger partial charge in [-0.15, -0.1) is 11.3 Å². The third-order valence-electron chi connectivity index (χ3n) is 9.48. The van der Waals surface area contributed by atoms with Crippen LogP contribution in [0.4, 0.5) is 0 Å². The summed E-state index contributed by atoms with van der Waals surface area (Å²) in [5.41, 5.74) is 6.63. The molecule has 1 aromatic carbocycles. The van der Waals surface area contributed by atoms with Gasteiger partial charge < -0.3 is 31.1 Å². The van der Waals surface area contributed by atoms with Crippen molar-refractivity contribution in [1.29, 1.82) is 0 Å². The second-order valence-corrected chi connectivity index (χ2v) is 14.6. The van der Waals surface area contributed by atoms with Gasteiger partial charge in [0.15, 0.2) is 6.73 Å². The molecule has 1 aliphatic heterocycles. The molecular formula is C37H56N6O7S. The molecule has 1 unspecified atom stereocenters. The van der Waals surface area contributed by atoms with Crippen LogP contribution in [0.1, 0.15) is 100 Å². The van der Waals surface area contributed by atoms with Crippen LogP contribution < -0.4 is 16.4 Å². The molecule has 13 nitrogen and oxygen atoms in total. The molecule has 2 heterocycles. The van der Waals surface area contributed by atoms with Crippen LogP contribution in [0.3, 0.4) is 0 Å². The zero-order valence-corrected chi connectivity index (χ0v) is 31.5. The summed E-state index contributed by atoms with van der Waals surface area (Å²) in [6.45, 7) is 8.36. The van der Waals surface area contributed by atoms with Gasteiger partial charge in [0.25, 0.3) is 5.91 Å². The Hall–Kier alpha value is -4.04. The Bertz CT molecular complexity index is 1450. The molecule has 5 N–H and O–H groups in total. The summed E-state index contributed by atoms with van der Waals surface area (Å²) in [5.74, 6) is -2.18. The van der Waals surface area contributed by atoms with Crippen molar-refractivity contribution in [2.45, 2.75) is 110 Å². The number of hydrogen-bond acceptors (Lipinski definition) is 10. The van der Waals surface area contributed by atoms with E-state index >= 15 is 0 Å². The molecule has 0 aliphatic carbocycles. The Labute approximate surface area is 305 Å². The quantitative estimate of drug-likeness (QED) is 0.116. The van der Waals surface area contributed by atoms with Gasteiger partial charge in [0, 0.05) is 36.7 Å². The molecule has 51 heavy (non-hydrogen) atoms. The number of aryl methyl sites for hydroxylation is 1. The maximum Gasteiger partial charge on any atom is 0.307 e. The third-order valence-corrected chi connectivity index (χ3v) is 10.4. The summed E-state index contributed by atoms with van der Waals surface area (Å²) in [6, 6.07) is 5.19. The fourth-order valence-corrected chi connectivity index (χ4v) is 6.88. The van der Waals surface area contributed by atoms with Crippen LogP contribution >= 0.6 is 11.3 Å². The summed E-state index contributed by atoms with van der Waals surface area (Å²) < 4.78 is 5.47. The number of phenolic OH excluding ortho intramolecular Hbond substituents is 1. The van der Waals surface area contributed by atoms with E-state index in [1.807, 2.05) is 32.7 Å². The van der Waals surface area contributed by atoms with Crippen molar-refractivity contribution in [3.8, 4) is 5.75 Å². The molecule has 0 radical (unpaired) electrons. The number of ether oxygens (including phenoxy) is 1. The highest BCUT2D eigenvalue weighted by atomic mass is 32.1. The maximum absolute atomic E-state index is 14.0. The van der Waals surface area contributed by atoms with Crippen molar-refractivity contribution in [2.24, 2.45) is 17.6 Å². The first-order valence-corrected chi connectivity index (χ1v) is 19.0. The minimum atomic E-state index is -0.773. The number of aromatic hydroxyl groups is 1. The van der Waals surface area contributed by atoms with Crippen LogP contribution in [0.25, 0.3) is 0 Å². The smallest absolute Gasteiger partial charge is 0.307 e. The van der Waals surface area contributed by atoms with Crippen LogP contribution in [0.15, 0.2) is 29.6 Å². The highest BCUT2D eigenvalue weighted by Gasteiger charge is 2.34. The van der Waals surface area contributed by atoms with Gasteiger partial charge in [-0.1, -0.05) is 52.7 Å². The Morgan fingerprint density at radius 3 is 2.49 bits per heavy atom. The molecule has 1 saturated heterocycles. The predicted molar refractivity (Wildman–Crippen MR) is 196 cm³/mol. The van der Waals surface area contributed by atoms with Crippen LogP contribution in [-0.2, 0) is 36.8 Å². The molecule has 0 bridgehead atoms. The number of amides is 4. The number of rotatable bonds is 20. The zero-order chi connectivity index (χ0) is 37.5. The first-order valence-electron chi connectivity index (χ1n) is 18.1. The lowest BCUT2D eigenvalue weighted by Crippen LogP contribution is -2.57. The summed E-state index contributed by atoms with van der Waals surface area (Å²) in [6.07, 6.45) is 5.98. The van der Waals surface area contributed by atoms with Gasteiger partial charge in [0.2, 0.25) is 17.7 Å². The number of thiazole rings is 1. The van der Waals surface area contributed by atoms with Gasteiger partial charge in [-0.25, -0.2) is 4.98 Å². The van der Waals surface area contributed by atoms with Gasteiger partial charge in [-0.2, -0.15) is 0 Å². The van der Waals surface area contributed by atoms with Gasteiger partial charge >= 0.3 is 5.97 Å². The van der Waals surface area contributed by atoms with E-state index in [0.29, 0.717) is 43.5 Å². The Morgan fingerprint density at radius 2 is 1.84 bits per heavy atom. The summed E-state index contributed by atoms with van der Waals surface area (Å²) >= 11 is 1.33. The van der Waals surface area contributed by atoms with Crippen molar-refractivity contribution in [1.82, 2.24) is 25.4 Å². The van der Waals surface area contributed by atoms with E-state index < -0.39 is 29.9 Å². The molecule has 5 atom stereocenters. The zero-order valence-electron chi connectivity index (χ0n) is 30.7. The number of hydrogen-bond donors (Lipinski definition) is 4. The van der Waals surface area contributed by atoms with Crippen molar-refractivity contribution in [2.75, 3.05) is 26.9 Å². The Balaban J connectivity index is 1.68. The van der Waals surface area contributed by atoms with E-state index in [-0.39, 0.29) is 60.8 Å². The normalized spacial score (nSPS) is 17.1. The number of aromatic nitrogens is 1. The summed E-state index contributed by atoms with van der Waals surface area (Å²) in [5, 5.41) is 18.0. The first-order chi connectivity index (χ1) is 24.3. The van der Waals surface area contributed by atoms with E-state index in [1.54, 1.807) is 36.6 Å². The van der Waals surface area contributed by atoms with Gasteiger partial charge in [-0.3, -0.25) is 28.9 Å². The number of nitrogens with two attached hydrogens (primary N) is 1. The second kappa shape index (κ2) is 20.7. The number of benzene rings is 1. The van der Waals surface area contributed by atoms with E-state index in [2.05, 4.69) is 15.6 Å². The number of piperidine rings is 1. The average Bonchev–Trinajstić information content (AvgIpc) is 3.58. The van der Waals surface area contributed by atoms with Crippen molar-refractivity contribution in [3.63, 3.8) is 0 Å². The fraction of sp³-hybridized carbons (Fsp3) is 0.622. The fourth-order valence-electron chi connectivity index (χ4n) is 6.06. The van der Waals surface area contributed by atoms with Crippen molar-refractivity contribution >= 4 is 40.9 Å². The molecular weight excluding hydrogens is 673 g/mol. The number of phenols is 1. The van der Waals surface area contributed by atoms with Crippen LogP contribution in [0.5, 0.6) is 5.75 Å². The van der Waals surface area contributed by atoms with E-state index in [0.717, 1.165) is 31.4 Å². The minimum absolute atomic E-state index is 0.134. The van der Waals surface area contributed by atoms with Crippen molar-refractivity contribution in [3.05, 3.63) is 45.9 Å². The predicted octanol–water partition coefficient (Wildman–Crippen LogP) is 3.78. The summed E-state index contributed by atoms with van der Waals surface area (Å²) in [4.78, 5) is 72.8. The number of primary amides is 1. The number of esters is 1. The van der Waals surface area contributed by atoms with Crippen molar-refractivity contribution < 1.29 is 33.8 Å². The number of nitrogens with zero attached hydrogens (tertiary/aromatic N) is 3. The van der Waals surface area contributed by atoms with E-state index in [1.165, 1.54) is 16.2 Å². The molecule has 1 fully saturated rings. The third kappa shape index (κ3) is 13.2. The van der Waals surface area contributed by atoms with E-state index in [4.69, 9.17) is 10.5 Å². The van der Waals surface area contributed by atoms with Crippen LogP contribution in [0, 0.1) is 11.8 Å². The molecule has 2 aromatic rings. The number of carbonyl (C=O) groups excluding carboxylic acids is 5. The summed E-state index contributed by atoms with van der Waals surface area (Å²) in [7, 11) is 1.93. The topological polar surface area (TPSA) is 184 Å². The first kappa shape index (κ1) is 41.4. The number of likely N-dealkylation sites (tertiary alicyclic amines) is 1. The standard InChI is InChI=1S/C37H56N6O7S/c1-6-11-32(45)50-23-43(37(49)33(24(3)7-2)41-36(48)30-12-8-9-18-42(30)5)19-10-13-31-40-29(22-51-31)35(47)39-27(20-25(4)34(38)46)21-26-14-16-28(44)17-15-26/h14-17,22,24-25,27,30,33,44H,6-13,18-21,23H2,1-5H3,(H2,38,46)(H,39,47)(H,41,48)/t24?,25-,27+,30+,33-/m0/s1. The Kier molecular flexibility index (Phi) is 16.8. The lowest BCUT2D eigenvalue weighted by atomic mass is 9.95. The molecule has 0 saturated carbocycles. The van der Waals surface area contributed by atoms with Gasteiger partial charge in [-0.05, 0) is 75.7 Å². The molecule has 282 valence electrons. The molecule has 1 aromatic heterocycles. The van der Waals surface area contributed by atoms with Crippen LogP contribution in [-0.4, -0.2) is 94.5 Å². The molecule has 3 rings (SSSR count). The maximum atomic E-state index is 14.0. The van der Waals surface area contributed by atoms with Crippen LogP contribution in [0.2, 0.25) is 0 Å². The number of likely N-dealkylation sites (N-methyl/N-ethyl adjacent to an activating group) is 1. The minimum Gasteiger partial charge on any atom is -0.508 e. The highest BCUT2D eigenvalue weighted by Crippen LogP contribution is 2.20. The second-order valence-electron chi connectivity index (χ2n) is 13.7. The lowest BCUT2D eigenvalue weighted by Gasteiger charge is -2.35. The largest absolute Gasteiger partial charge is 0.508 e. The van der Waals surface area contributed by atoms with Gasteiger partial charge in [0.1, 0.15) is 17.5 Å². The molecule has 14 heteroatoms. The van der Waals surface area contributed by atoms with E-state index in [9.17, 15) is 29.1 Å². The highest BCUT2D eigenvalue weighted by molar-refractivity contribution is 7.09. The lowest BCUT2D eigenvalue weighted by molar-refractivity contribution is -0.155.